The van der Waals surface area contributed by atoms with Crippen LogP contribution in [0.1, 0.15) is 38.5 Å². The minimum atomic E-state index is -4.40. The second-order valence-corrected chi connectivity index (χ2v) is 7.76. The van der Waals surface area contributed by atoms with E-state index in [-0.39, 0.29) is 24.2 Å². The highest BCUT2D eigenvalue weighted by atomic mass is 35.5. The Bertz CT molecular complexity index is 537. The summed E-state index contributed by atoms with van der Waals surface area (Å²) in [6.45, 7) is 1.67. The van der Waals surface area contributed by atoms with Crippen molar-refractivity contribution in [3.8, 4) is 0 Å². The van der Waals surface area contributed by atoms with Crippen LogP contribution in [-0.2, 0) is 9.59 Å². The second kappa shape index (κ2) is 10.1. The molecule has 10 heteroatoms. The molecule has 3 aliphatic rings. The van der Waals surface area contributed by atoms with E-state index in [0.717, 1.165) is 32.1 Å². The van der Waals surface area contributed by atoms with Crippen molar-refractivity contribution in [2.75, 3.05) is 39.3 Å². The van der Waals surface area contributed by atoms with Gasteiger partial charge >= 0.3 is 6.18 Å². The van der Waals surface area contributed by atoms with E-state index in [1.165, 1.54) is 4.90 Å². The summed E-state index contributed by atoms with van der Waals surface area (Å²) in [5.74, 6) is -0.481. The Morgan fingerprint density at radius 1 is 1.04 bits per heavy atom. The standard InChI is InChI=1S/C18H29F3N4O2.ClH/c19-18(20,21)15(24-10-7-22-8-11-24)12-23-16(26)14-6-3-9-25(14)17(27)13-4-1-2-5-13;/h13-15,22H,1-12H2,(H,23,26);1H. The van der Waals surface area contributed by atoms with Gasteiger partial charge in [0.05, 0.1) is 0 Å². The summed E-state index contributed by atoms with van der Waals surface area (Å²) in [6.07, 6.45) is 0.592. The van der Waals surface area contributed by atoms with Gasteiger partial charge in [0.15, 0.2) is 0 Å². The molecule has 0 aromatic rings. The van der Waals surface area contributed by atoms with Crippen LogP contribution in [0.15, 0.2) is 0 Å². The van der Waals surface area contributed by atoms with E-state index in [1.807, 2.05) is 0 Å². The lowest BCUT2D eigenvalue weighted by Crippen LogP contribution is -2.58. The Morgan fingerprint density at radius 3 is 2.29 bits per heavy atom. The Labute approximate surface area is 170 Å². The number of nitrogens with one attached hydrogen (secondary N) is 2. The SMILES string of the molecule is Cl.O=C(NCC(N1CCNCC1)C(F)(F)F)C1CCCN1C(=O)C1CCCC1. The molecule has 2 atom stereocenters. The number of piperazine rings is 1. The van der Waals surface area contributed by atoms with Crippen molar-refractivity contribution in [1.82, 2.24) is 20.4 Å². The summed E-state index contributed by atoms with van der Waals surface area (Å²) in [5.41, 5.74) is 0. The zero-order chi connectivity index (χ0) is 19.4. The molecule has 2 heterocycles. The second-order valence-electron chi connectivity index (χ2n) is 7.76. The minimum absolute atomic E-state index is 0. The fourth-order valence-electron chi connectivity index (χ4n) is 4.47. The number of rotatable bonds is 5. The summed E-state index contributed by atoms with van der Waals surface area (Å²) >= 11 is 0. The maximum Gasteiger partial charge on any atom is 0.405 e. The lowest BCUT2D eigenvalue weighted by atomic mass is 10.1. The number of carbonyl (C=O) groups excluding carboxylic acids is 2. The third-order valence-electron chi connectivity index (χ3n) is 5.98. The van der Waals surface area contributed by atoms with Gasteiger partial charge in [0, 0.05) is 45.2 Å². The molecule has 1 aliphatic carbocycles. The molecule has 2 N–H and O–H groups in total. The molecule has 2 amide bonds. The number of hydrogen-bond acceptors (Lipinski definition) is 4. The van der Waals surface area contributed by atoms with Crippen molar-refractivity contribution >= 4 is 24.2 Å². The van der Waals surface area contributed by atoms with Crippen LogP contribution < -0.4 is 10.6 Å². The first kappa shape index (κ1) is 23.2. The van der Waals surface area contributed by atoms with Gasteiger partial charge in [0.25, 0.3) is 0 Å². The lowest BCUT2D eigenvalue weighted by Gasteiger charge is -2.36. The third-order valence-corrected chi connectivity index (χ3v) is 5.98. The molecule has 1 saturated carbocycles. The van der Waals surface area contributed by atoms with E-state index in [2.05, 4.69) is 10.6 Å². The van der Waals surface area contributed by atoms with Crippen molar-refractivity contribution < 1.29 is 22.8 Å². The average molecular weight is 427 g/mol. The normalized spacial score (nSPS) is 25.4. The minimum Gasteiger partial charge on any atom is -0.352 e. The van der Waals surface area contributed by atoms with Crippen molar-refractivity contribution in [1.29, 1.82) is 0 Å². The van der Waals surface area contributed by atoms with Gasteiger partial charge in [0.2, 0.25) is 11.8 Å². The zero-order valence-electron chi connectivity index (χ0n) is 16.0. The summed E-state index contributed by atoms with van der Waals surface area (Å²) < 4.78 is 40.4. The summed E-state index contributed by atoms with van der Waals surface area (Å²) in [7, 11) is 0. The first-order valence-corrected chi connectivity index (χ1v) is 9.97. The Hall–Kier alpha value is -1.06. The van der Waals surface area contributed by atoms with Gasteiger partial charge in [-0.05, 0) is 25.7 Å². The van der Waals surface area contributed by atoms with Crippen molar-refractivity contribution in [2.45, 2.75) is 56.8 Å². The number of alkyl halides is 3. The van der Waals surface area contributed by atoms with Gasteiger partial charge in [0.1, 0.15) is 12.1 Å². The Balaban J connectivity index is 0.00000280. The Kier molecular flexibility index (Phi) is 8.39. The molecule has 2 aliphatic heterocycles. The number of nitrogens with zero attached hydrogens (tertiary/aromatic N) is 2. The number of amides is 2. The molecule has 3 fully saturated rings. The highest BCUT2D eigenvalue weighted by Crippen LogP contribution is 2.30. The fourth-order valence-corrected chi connectivity index (χ4v) is 4.47. The van der Waals surface area contributed by atoms with E-state index < -0.39 is 30.7 Å². The lowest BCUT2D eigenvalue weighted by molar-refractivity contribution is -0.184. The van der Waals surface area contributed by atoms with E-state index in [0.29, 0.717) is 39.1 Å². The topological polar surface area (TPSA) is 64.7 Å². The number of likely N-dealkylation sites (tertiary alicyclic amines) is 1. The fraction of sp³-hybridized carbons (Fsp3) is 0.889. The van der Waals surface area contributed by atoms with E-state index >= 15 is 0 Å². The van der Waals surface area contributed by atoms with Crippen molar-refractivity contribution in [2.24, 2.45) is 5.92 Å². The molecule has 28 heavy (non-hydrogen) atoms. The smallest absolute Gasteiger partial charge is 0.352 e. The van der Waals surface area contributed by atoms with Gasteiger partial charge in [-0.1, -0.05) is 12.8 Å². The molecule has 162 valence electrons. The van der Waals surface area contributed by atoms with Crippen LogP contribution >= 0.6 is 12.4 Å². The molecule has 0 bridgehead atoms. The Morgan fingerprint density at radius 2 is 1.68 bits per heavy atom. The summed E-state index contributed by atoms with van der Waals surface area (Å²) in [5, 5.41) is 5.52. The monoisotopic (exact) mass is 426 g/mol. The van der Waals surface area contributed by atoms with Gasteiger partial charge in [-0.25, -0.2) is 0 Å². The molecule has 0 aromatic carbocycles. The predicted octanol–water partition coefficient (Wildman–Crippen LogP) is 1.54. The third kappa shape index (κ3) is 5.51. The van der Waals surface area contributed by atoms with E-state index in [4.69, 9.17) is 0 Å². The van der Waals surface area contributed by atoms with Crippen LogP contribution in [0.5, 0.6) is 0 Å². The zero-order valence-corrected chi connectivity index (χ0v) is 16.8. The molecule has 3 rings (SSSR count). The molecule has 2 saturated heterocycles. The van der Waals surface area contributed by atoms with E-state index in [1.54, 1.807) is 4.90 Å². The van der Waals surface area contributed by atoms with Gasteiger partial charge in [-0.3, -0.25) is 14.5 Å². The largest absolute Gasteiger partial charge is 0.405 e. The van der Waals surface area contributed by atoms with Crippen molar-refractivity contribution in [3.05, 3.63) is 0 Å². The summed E-state index contributed by atoms with van der Waals surface area (Å²) in [6, 6.07) is -2.32. The van der Waals surface area contributed by atoms with E-state index in [9.17, 15) is 22.8 Å². The summed E-state index contributed by atoms with van der Waals surface area (Å²) in [4.78, 5) is 28.2. The van der Waals surface area contributed by atoms with Crippen LogP contribution in [0.25, 0.3) is 0 Å². The number of carbonyl (C=O) groups is 2. The maximum atomic E-state index is 13.5. The van der Waals surface area contributed by atoms with Crippen LogP contribution in [0.4, 0.5) is 13.2 Å². The van der Waals surface area contributed by atoms with Gasteiger partial charge < -0.3 is 15.5 Å². The molecule has 2 unspecified atom stereocenters. The van der Waals surface area contributed by atoms with Gasteiger partial charge in [-0.15, -0.1) is 12.4 Å². The molecule has 0 aromatic heterocycles. The van der Waals surface area contributed by atoms with Gasteiger partial charge in [-0.2, -0.15) is 13.2 Å². The molecule has 6 nitrogen and oxygen atoms in total. The average Bonchev–Trinajstić information content (AvgIpc) is 3.33. The molecule has 0 spiro atoms. The first-order valence-electron chi connectivity index (χ1n) is 9.97. The van der Waals surface area contributed by atoms with Crippen LogP contribution in [-0.4, -0.2) is 79.1 Å². The first-order chi connectivity index (χ1) is 12.9. The van der Waals surface area contributed by atoms with Crippen molar-refractivity contribution in [3.63, 3.8) is 0 Å². The number of halogens is 4. The molecular weight excluding hydrogens is 397 g/mol. The molecule has 0 radical (unpaired) electrons. The predicted molar refractivity (Wildman–Crippen MR) is 101 cm³/mol. The number of hydrogen-bond donors (Lipinski definition) is 2. The van der Waals surface area contributed by atoms with Crippen LogP contribution in [0, 0.1) is 5.92 Å². The highest BCUT2D eigenvalue weighted by Gasteiger charge is 2.45. The maximum absolute atomic E-state index is 13.5. The highest BCUT2D eigenvalue weighted by molar-refractivity contribution is 5.89. The van der Waals surface area contributed by atoms with Crippen LogP contribution in [0.3, 0.4) is 0 Å². The quantitative estimate of drug-likeness (QED) is 0.700. The molecular formula is C18H30ClF3N4O2. The van der Waals surface area contributed by atoms with Crippen LogP contribution in [0.2, 0.25) is 0 Å².